The molecule has 6 atom stereocenters. The quantitative estimate of drug-likeness (QED) is 0.442. The average Bonchev–Trinajstić information content (AvgIpc) is 2.66. The van der Waals surface area contributed by atoms with Crippen molar-refractivity contribution >= 4 is 5.97 Å². The number of esters is 1. The van der Waals surface area contributed by atoms with Crippen LogP contribution < -0.4 is 0 Å². The van der Waals surface area contributed by atoms with Crippen LogP contribution in [0.15, 0.2) is 11.6 Å². The Bertz CT molecular complexity index is 557. The summed E-state index contributed by atoms with van der Waals surface area (Å²) in [6, 6.07) is 0. The van der Waals surface area contributed by atoms with E-state index in [-0.39, 0.29) is 17.8 Å². The largest absolute Gasteiger partial charge is 0.457 e. The third kappa shape index (κ3) is 6.03. The monoisotopic (exact) mass is 409 g/mol. The van der Waals surface area contributed by atoms with Crippen LogP contribution in [-0.4, -0.2) is 74.7 Å². The van der Waals surface area contributed by atoms with Crippen LogP contribution in [0, 0.1) is 30.1 Å². The van der Waals surface area contributed by atoms with Gasteiger partial charge in [0.05, 0.1) is 25.2 Å². The van der Waals surface area contributed by atoms with Gasteiger partial charge in [-0.2, -0.15) is 0 Å². The van der Waals surface area contributed by atoms with Crippen LogP contribution in [0.4, 0.5) is 0 Å². The Hall–Kier alpha value is -0.950. The van der Waals surface area contributed by atoms with E-state index in [2.05, 4.69) is 31.2 Å². The lowest BCUT2D eigenvalue weighted by Crippen LogP contribution is -2.56. The Labute approximate surface area is 176 Å². The number of hydrogen-bond donors (Lipinski definition) is 1. The van der Waals surface area contributed by atoms with Gasteiger partial charge >= 0.3 is 5.97 Å². The van der Waals surface area contributed by atoms with Crippen molar-refractivity contribution in [2.75, 3.05) is 47.1 Å². The first-order chi connectivity index (χ1) is 13.7. The molecule has 1 saturated carbocycles. The van der Waals surface area contributed by atoms with Gasteiger partial charge in [0.2, 0.25) is 0 Å². The summed E-state index contributed by atoms with van der Waals surface area (Å²) in [7, 11) is 3.45. The molecule has 0 saturated heterocycles. The number of nitrogens with zero attached hydrogens (tertiary/aromatic N) is 1. The van der Waals surface area contributed by atoms with Crippen LogP contribution in [0.1, 0.15) is 40.5 Å². The second kappa shape index (κ2) is 10.9. The van der Waals surface area contributed by atoms with Crippen molar-refractivity contribution in [2.24, 2.45) is 23.7 Å². The number of rotatable bonds is 10. The Morgan fingerprint density at radius 2 is 1.93 bits per heavy atom. The fraction of sp³-hybridized carbons (Fsp3) is 0.826. The number of carbonyl (C=O) groups excluding carboxylic acids is 1. The molecule has 2 radical (unpaired) electrons. The maximum atomic E-state index is 11.6. The molecule has 1 fully saturated rings. The van der Waals surface area contributed by atoms with Gasteiger partial charge in [0, 0.05) is 46.7 Å². The molecular formula is C23H39NO5. The highest BCUT2D eigenvalue weighted by Crippen LogP contribution is 2.50. The molecule has 29 heavy (non-hydrogen) atoms. The molecule has 2 aliphatic rings. The first-order valence-electron chi connectivity index (χ1n) is 10.8. The first-order valence-corrected chi connectivity index (χ1v) is 10.8. The summed E-state index contributed by atoms with van der Waals surface area (Å²) in [6.45, 7) is 11.7. The lowest BCUT2D eigenvalue weighted by molar-refractivity contribution is -0.148. The van der Waals surface area contributed by atoms with Crippen LogP contribution in [0.3, 0.4) is 0 Å². The van der Waals surface area contributed by atoms with Gasteiger partial charge < -0.3 is 19.3 Å². The Morgan fingerprint density at radius 1 is 1.31 bits per heavy atom. The second-order valence-electron chi connectivity index (χ2n) is 8.80. The van der Waals surface area contributed by atoms with Gasteiger partial charge in [-0.1, -0.05) is 19.9 Å². The van der Waals surface area contributed by atoms with E-state index >= 15 is 0 Å². The topological polar surface area (TPSA) is 68.2 Å². The molecule has 6 nitrogen and oxygen atoms in total. The van der Waals surface area contributed by atoms with Crippen molar-refractivity contribution in [3.05, 3.63) is 18.1 Å². The first kappa shape index (κ1) is 24.3. The molecule has 6 heteroatoms. The minimum absolute atomic E-state index is 0.0141. The van der Waals surface area contributed by atoms with E-state index in [0.29, 0.717) is 25.0 Å². The highest BCUT2D eigenvalue weighted by atomic mass is 16.5. The van der Waals surface area contributed by atoms with Crippen molar-refractivity contribution in [1.82, 2.24) is 4.90 Å². The molecule has 0 aromatic rings. The molecule has 0 bridgehead atoms. The highest BCUT2D eigenvalue weighted by molar-refractivity contribution is 5.66. The summed E-state index contributed by atoms with van der Waals surface area (Å²) in [5.74, 6) is 0.446. The van der Waals surface area contributed by atoms with Crippen LogP contribution in [0.5, 0.6) is 0 Å². The summed E-state index contributed by atoms with van der Waals surface area (Å²) in [6.07, 6.45) is 6.84. The van der Waals surface area contributed by atoms with Gasteiger partial charge in [-0.15, -0.1) is 0 Å². The molecular weight excluding hydrogens is 370 g/mol. The van der Waals surface area contributed by atoms with Crippen molar-refractivity contribution in [3.63, 3.8) is 0 Å². The van der Waals surface area contributed by atoms with Gasteiger partial charge in [-0.25, -0.2) is 0 Å². The fourth-order valence-corrected chi connectivity index (χ4v) is 4.89. The van der Waals surface area contributed by atoms with Crippen LogP contribution in [-0.2, 0) is 19.0 Å². The maximum absolute atomic E-state index is 11.6. The number of carbonyl (C=O) groups is 1. The predicted molar refractivity (Wildman–Crippen MR) is 112 cm³/mol. The zero-order valence-corrected chi connectivity index (χ0v) is 18.9. The van der Waals surface area contributed by atoms with Gasteiger partial charge in [0.1, 0.15) is 6.10 Å². The summed E-state index contributed by atoms with van der Waals surface area (Å²) >= 11 is 0. The predicted octanol–water partition coefficient (Wildman–Crippen LogP) is 2.58. The number of aliphatic hydroxyl groups is 1. The molecule has 0 heterocycles. The molecule has 1 N–H and O–H groups in total. The van der Waals surface area contributed by atoms with Crippen LogP contribution in [0.2, 0.25) is 0 Å². The molecule has 2 rings (SSSR count). The second-order valence-corrected chi connectivity index (χ2v) is 8.80. The van der Waals surface area contributed by atoms with Crippen molar-refractivity contribution in [3.8, 4) is 0 Å². The van der Waals surface area contributed by atoms with Crippen molar-refractivity contribution < 1.29 is 24.1 Å². The smallest absolute Gasteiger partial charge is 0.303 e. The average molecular weight is 410 g/mol. The number of methoxy groups -OCH3 is 2. The summed E-state index contributed by atoms with van der Waals surface area (Å²) in [5, 5.41) is 11.6. The van der Waals surface area contributed by atoms with E-state index in [0.717, 1.165) is 38.0 Å². The van der Waals surface area contributed by atoms with Gasteiger partial charge in [0.15, 0.2) is 0 Å². The van der Waals surface area contributed by atoms with Gasteiger partial charge in [-0.3, -0.25) is 9.69 Å². The molecule has 2 aliphatic carbocycles. The minimum atomic E-state index is -1.07. The number of hydrogen-bond acceptors (Lipinski definition) is 6. The standard InChI is InChI=1S/C23H39NO5/c1-16-13-21-20(17(2)15-24(9-11-27-5)10-12-28-6)8-7-18(3)23(21,26)14-22(16)29-19(4)25/h13,17-18,20-22,26H,7-12,15H2,1-6H3/t17-,18-,20+,21-,22-,23-/m1/s1. The molecule has 0 unspecified atom stereocenters. The SMILES string of the molecule is COCCN(CCOC)C[C@@H](C)[C@@H]1CC[C@@H](C)[C@]2(O)[C][C@@H](OC(C)=O)C(C)=C[C@H]12. The Balaban J connectivity index is 2.17. The fourth-order valence-electron chi connectivity index (χ4n) is 4.89. The van der Waals surface area contributed by atoms with E-state index in [4.69, 9.17) is 14.2 Å². The van der Waals surface area contributed by atoms with E-state index in [9.17, 15) is 9.90 Å². The molecule has 0 aromatic heterocycles. The van der Waals surface area contributed by atoms with Gasteiger partial charge in [0.25, 0.3) is 0 Å². The maximum Gasteiger partial charge on any atom is 0.303 e. The summed E-state index contributed by atoms with van der Waals surface area (Å²) < 4.78 is 15.9. The van der Waals surface area contributed by atoms with Crippen molar-refractivity contribution in [1.29, 1.82) is 0 Å². The van der Waals surface area contributed by atoms with E-state index in [1.807, 2.05) is 6.92 Å². The zero-order chi connectivity index (χ0) is 21.6. The summed E-state index contributed by atoms with van der Waals surface area (Å²) in [4.78, 5) is 13.9. The molecule has 166 valence electrons. The van der Waals surface area contributed by atoms with Gasteiger partial charge in [-0.05, 0) is 43.1 Å². The lowest BCUT2D eigenvalue weighted by Gasteiger charge is -2.52. The molecule has 0 aromatic carbocycles. The highest BCUT2D eigenvalue weighted by Gasteiger charge is 2.53. The van der Waals surface area contributed by atoms with E-state index in [1.54, 1.807) is 14.2 Å². The molecule has 0 aliphatic heterocycles. The third-order valence-corrected chi connectivity index (χ3v) is 6.66. The molecule has 0 spiro atoms. The van der Waals surface area contributed by atoms with Crippen LogP contribution in [0.25, 0.3) is 0 Å². The third-order valence-electron chi connectivity index (χ3n) is 6.66. The minimum Gasteiger partial charge on any atom is -0.457 e. The zero-order valence-electron chi connectivity index (χ0n) is 18.9. The van der Waals surface area contributed by atoms with Crippen molar-refractivity contribution in [2.45, 2.75) is 52.2 Å². The number of fused-ring (bicyclic) bond motifs is 1. The number of ether oxygens (including phenoxy) is 3. The normalized spacial score (nSPS) is 33.2. The van der Waals surface area contributed by atoms with E-state index in [1.165, 1.54) is 6.92 Å². The Morgan fingerprint density at radius 3 is 2.48 bits per heavy atom. The van der Waals surface area contributed by atoms with Crippen LogP contribution >= 0.6 is 0 Å². The molecule has 0 amide bonds. The van der Waals surface area contributed by atoms with E-state index < -0.39 is 11.7 Å². The Kier molecular flexibility index (Phi) is 9.14. The summed E-state index contributed by atoms with van der Waals surface area (Å²) in [5.41, 5.74) is -0.113. The lowest BCUT2D eigenvalue weighted by atomic mass is 9.57.